The fourth-order valence-corrected chi connectivity index (χ4v) is 6.19. The Morgan fingerprint density at radius 2 is 1.57 bits per heavy atom. The highest BCUT2D eigenvalue weighted by molar-refractivity contribution is 6.54. The van der Waals surface area contributed by atoms with Crippen LogP contribution in [0.4, 0.5) is 4.79 Å². The van der Waals surface area contributed by atoms with Crippen LogP contribution in [0.5, 0.6) is 0 Å². The van der Waals surface area contributed by atoms with Gasteiger partial charge in [0, 0.05) is 12.0 Å². The number of benzene rings is 2. The molecule has 2 bridgehead atoms. The van der Waals surface area contributed by atoms with Crippen LogP contribution in [0.2, 0.25) is 0 Å². The quantitative estimate of drug-likeness (QED) is 0.506. The third-order valence-electron chi connectivity index (χ3n) is 8.77. The molecule has 2 aromatic rings. The predicted molar refractivity (Wildman–Crippen MR) is 137 cm³/mol. The number of nitrogens with zero attached hydrogens (tertiary/aromatic N) is 1. The summed E-state index contributed by atoms with van der Waals surface area (Å²) in [6, 6.07) is 17.1. The number of hydrogen-bond acceptors (Lipinski definition) is 4. The third-order valence-corrected chi connectivity index (χ3v) is 8.77. The minimum absolute atomic E-state index is 0.0344. The SMILES string of the molecule is CC1(C)OB(C2=CC3CCCC(C2)N3C(=O)OCC2c3ccccc3-c3ccccc32)OC1(C)C. The summed E-state index contributed by atoms with van der Waals surface area (Å²) in [5, 5.41) is 0. The summed E-state index contributed by atoms with van der Waals surface area (Å²) >= 11 is 0. The van der Waals surface area contributed by atoms with Gasteiger partial charge in [0.15, 0.2) is 0 Å². The Kier molecular flexibility index (Phi) is 5.39. The second-order valence-electron chi connectivity index (χ2n) is 11.4. The minimum atomic E-state index is -0.364. The van der Waals surface area contributed by atoms with Crippen LogP contribution in [-0.4, -0.2) is 48.0 Å². The summed E-state index contributed by atoms with van der Waals surface area (Å²) in [4.78, 5) is 15.4. The maximum absolute atomic E-state index is 13.4. The molecule has 0 saturated carbocycles. The molecule has 1 amide bonds. The van der Waals surface area contributed by atoms with E-state index in [1.54, 1.807) is 0 Å². The number of carbonyl (C=O) groups excluding carboxylic acids is 1. The fraction of sp³-hybridized carbons (Fsp3) is 0.483. The number of carbonyl (C=O) groups is 1. The first-order chi connectivity index (χ1) is 16.7. The van der Waals surface area contributed by atoms with Crippen molar-refractivity contribution in [2.75, 3.05) is 6.61 Å². The van der Waals surface area contributed by atoms with E-state index in [1.165, 1.54) is 27.7 Å². The Morgan fingerprint density at radius 1 is 0.971 bits per heavy atom. The monoisotopic (exact) mass is 471 g/mol. The van der Waals surface area contributed by atoms with Gasteiger partial charge in [0.1, 0.15) is 6.61 Å². The first-order valence-electron chi connectivity index (χ1n) is 12.9. The molecular formula is C29H34BNO4. The van der Waals surface area contributed by atoms with Crippen LogP contribution in [0.1, 0.15) is 70.4 Å². The predicted octanol–water partition coefficient (Wildman–Crippen LogP) is 6.12. The summed E-state index contributed by atoms with van der Waals surface area (Å²) in [6.45, 7) is 8.69. The zero-order chi connectivity index (χ0) is 24.4. The van der Waals surface area contributed by atoms with Crippen LogP contribution in [0.25, 0.3) is 11.1 Å². The lowest BCUT2D eigenvalue weighted by Crippen LogP contribution is -2.53. The molecule has 1 aliphatic carbocycles. The van der Waals surface area contributed by atoms with Crippen molar-refractivity contribution in [3.63, 3.8) is 0 Å². The lowest BCUT2D eigenvalue weighted by atomic mass is 9.69. The van der Waals surface area contributed by atoms with E-state index < -0.39 is 0 Å². The number of hydrogen-bond donors (Lipinski definition) is 0. The zero-order valence-corrected chi connectivity index (χ0v) is 21.1. The van der Waals surface area contributed by atoms with Crippen molar-refractivity contribution in [3.8, 4) is 11.1 Å². The normalized spacial score (nSPS) is 26.2. The molecule has 0 radical (unpaired) electrons. The van der Waals surface area contributed by atoms with Crippen molar-refractivity contribution in [3.05, 3.63) is 71.2 Å². The van der Waals surface area contributed by atoms with Crippen molar-refractivity contribution in [1.29, 1.82) is 0 Å². The van der Waals surface area contributed by atoms with Gasteiger partial charge < -0.3 is 14.0 Å². The van der Waals surface area contributed by atoms with Gasteiger partial charge in [0.05, 0.1) is 17.2 Å². The van der Waals surface area contributed by atoms with Crippen molar-refractivity contribution in [2.24, 2.45) is 0 Å². The van der Waals surface area contributed by atoms with Gasteiger partial charge in [0.2, 0.25) is 0 Å². The molecule has 3 heterocycles. The Bertz CT molecular complexity index is 1130. The lowest BCUT2D eigenvalue weighted by molar-refractivity contribution is 0.00578. The molecular weight excluding hydrogens is 437 g/mol. The van der Waals surface area contributed by atoms with E-state index in [0.29, 0.717) is 6.61 Å². The Morgan fingerprint density at radius 3 is 2.17 bits per heavy atom. The second kappa shape index (κ2) is 8.24. The van der Waals surface area contributed by atoms with E-state index in [9.17, 15) is 4.79 Å². The molecule has 0 aromatic heterocycles. The number of ether oxygens (including phenoxy) is 1. The van der Waals surface area contributed by atoms with Gasteiger partial charge in [-0.2, -0.15) is 0 Å². The van der Waals surface area contributed by atoms with Crippen molar-refractivity contribution >= 4 is 13.2 Å². The van der Waals surface area contributed by atoms with Gasteiger partial charge in [-0.1, -0.05) is 54.6 Å². The summed E-state index contributed by atoms with van der Waals surface area (Å²) in [5.74, 6) is 0.0758. The average Bonchev–Trinajstić information content (AvgIpc) is 3.26. The standard InChI is InChI=1S/C29H34BNO4/c1-28(2)29(3,4)35-30(34-28)19-16-20-10-9-11-21(17-19)31(20)27(32)33-18-26-24-14-7-5-12-22(24)23-13-6-8-15-25(23)26/h5-8,12-16,20-21,26H,9-11,17-18H2,1-4H3. The molecule has 2 atom stereocenters. The van der Waals surface area contributed by atoms with Gasteiger partial charge in [-0.05, 0) is 81.1 Å². The molecule has 5 nitrogen and oxygen atoms in total. The Hall–Kier alpha value is -2.57. The molecule has 3 aliphatic heterocycles. The average molecular weight is 471 g/mol. The molecule has 182 valence electrons. The largest absolute Gasteiger partial charge is 0.490 e. The molecule has 0 N–H and O–H groups in total. The maximum atomic E-state index is 13.4. The molecule has 4 aliphatic rings. The van der Waals surface area contributed by atoms with E-state index >= 15 is 0 Å². The first-order valence-corrected chi connectivity index (χ1v) is 12.9. The van der Waals surface area contributed by atoms with E-state index in [2.05, 4.69) is 82.3 Å². The molecule has 2 saturated heterocycles. The minimum Gasteiger partial charge on any atom is -0.448 e. The number of piperidine rings is 1. The highest BCUT2D eigenvalue weighted by Gasteiger charge is 2.54. The van der Waals surface area contributed by atoms with Crippen LogP contribution in [-0.2, 0) is 14.0 Å². The fourth-order valence-electron chi connectivity index (χ4n) is 6.19. The molecule has 6 heteroatoms. The van der Waals surface area contributed by atoms with Crippen molar-refractivity contribution in [2.45, 2.75) is 82.6 Å². The van der Waals surface area contributed by atoms with Gasteiger partial charge in [0.25, 0.3) is 0 Å². The molecule has 2 fully saturated rings. The van der Waals surface area contributed by atoms with Crippen molar-refractivity contribution in [1.82, 2.24) is 4.90 Å². The number of rotatable bonds is 3. The number of amides is 1. The maximum Gasteiger partial charge on any atom is 0.490 e. The van der Waals surface area contributed by atoms with Crippen molar-refractivity contribution < 1.29 is 18.8 Å². The second-order valence-corrected chi connectivity index (χ2v) is 11.4. The smallest absolute Gasteiger partial charge is 0.448 e. The molecule has 35 heavy (non-hydrogen) atoms. The van der Waals surface area contributed by atoms with Crippen LogP contribution >= 0.6 is 0 Å². The molecule has 2 aromatic carbocycles. The van der Waals surface area contributed by atoms with E-state index in [1.807, 2.05) is 4.90 Å². The van der Waals surface area contributed by atoms with Gasteiger partial charge in [-0.15, -0.1) is 0 Å². The van der Waals surface area contributed by atoms with E-state index in [4.69, 9.17) is 14.0 Å². The topological polar surface area (TPSA) is 48.0 Å². The summed E-state index contributed by atoms with van der Waals surface area (Å²) in [5.41, 5.74) is 5.41. The third kappa shape index (κ3) is 3.73. The Labute approximate surface area is 208 Å². The highest BCUT2D eigenvalue weighted by atomic mass is 16.7. The molecule has 0 spiro atoms. The van der Waals surface area contributed by atoms with Crippen LogP contribution in [0, 0.1) is 0 Å². The zero-order valence-electron chi connectivity index (χ0n) is 21.1. The summed E-state index contributed by atoms with van der Waals surface area (Å²) in [7, 11) is -0.340. The number of fused-ring (bicyclic) bond motifs is 5. The van der Waals surface area contributed by atoms with Gasteiger partial charge in [-0.25, -0.2) is 4.79 Å². The lowest BCUT2D eigenvalue weighted by Gasteiger charge is -2.44. The first kappa shape index (κ1) is 22.9. The van der Waals surface area contributed by atoms with Gasteiger partial charge >= 0.3 is 13.2 Å². The molecule has 6 rings (SSSR count). The van der Waals surface area contributed by atoms with Gasteiger partial charge in [-0.3, -0.25) is 4.90 Å². The van der Waals surface area contributed by atoms with E-state index in [0.717, 1.165) is 25.7 Å². The summed E-state index contributed by atoms with van der Waals surface area (Å²) in [6.07, 6.45) is 5.83. The summed E-state index contributed by atoms with van der Waals surface area (Å²) < 4.78 is 18.7. The molecule has 2 unspecified atom stereocenters. The highest BCUT2D eigenvalue weighted by Crippen LogP contribution is 2.45. The van der Waals surface area contributed by atoms with Crippen LogP contribution < -0.4 is 0 Å². The van der Waals surface area contributed by atoms with Crippen LogP contribution in [0.15, 0.2) is 60.1 Å². The Balaban J connectivity index is 1.19. The van der Waals surface area contributed by atoms with Crippen LogP contribution in [0.3, 0.4) is 0 Å². The van der Waals surface area contributed by atoms with E-state index in [-0.39, 0.29) is 42.4 Å².